The third-order valence-electron chi connectivity index (χ3n) is 8.74. The lowest BCUT2D eigenvalue weighted by Crippen LogP contribution is -2.25. The fourth-order valence-electron chi connectivity index (χ4n) is 6.70. The molecule has 0 unspecified atom stereocenters. The zero-order chi connectivity index (χ0) is 26.4. The number of rotatable bonds is 5. The van der Waals surface area contributed by atoms with Gasteiger partial charge in [0.05, 0.1) is 0 Å². The fourth-order valence-corrected chi connectivity index (χ4v) is 7.02. The number of hydrogen-bond acceptors (Lipinski definition) is 1. The summed E-state index contributed by atoms with van der Waals surface area (Å²) in [4.78, 5) is 2.45. The highest BCUT2D eigenvalue weighted by Crippen LogP contribution is 2.49. The minimum atomic E-state index is -0.0245. The van der Waals surface area contributed by atoms with E-state index in [1.54, 1.807) is 0 Å². The molecule has 2 aromatic carbocycles. The predicted molar refractivity (Wildman–Crippen MR) is 161 cm³/mol. The molecule has 0 amide bonds. The molecule has 192 valence electrons. The van der Waals surface area contributed by atoms with Crippen molar-refractivity contribution < 1.29 is 0 Å². The van der Waals surface area contributed by atoms with Crippen molar-refractivity contribution in [1.29, 1.82) is 0 Å². The van der Waals surface area contributed by atoms with Crippen molar-refractivity contribution in [3.63, 3.8) is 0 Å². The molecule has 2 aromatic rings. The number of para-hydroxylation sites is 1. The van der Waals surface area contributed by atoms with E-state index in [-0.39, 0.29) is 10.8 Å². The Balaban J connectivity index is 1.48. The Kier molecular flexibility index (Phi) is 6.88. The number of halogens is 1. The lowest BCUT2D eigenvalue weighted by Gasteiger charge is -2.26. The van der Waals surface area contributed by atoms with Crippen molar-refractivity contribution in [2.75, 3.05) is 11.4 Å². The van der Waals surface area contributed by atoms with Crippen molar-refractivity contribution in [2.24, 2.45) is 0 Å². The van der Waals surface area contributed by atoms with Crippen LogP contribution in [0.1, 0.15) is 83.9 Å². The minimum Gasteiger partial charge on any atom is -0.344 e. The Morgan fingerprint density at radius 3 is 2.27 bits per heavy atom. The standard InChI is InChI=1S/C35H40ClN/c1-7-26-27-16-9-10-17-28(27)34(3,4)29(26)22-20-24-14-13-15-25(33(24)36)21-23-32-35(5,6)30-18-11-12-19-31(30)37(32)8-2/h9-12,16-23H,7-8,13-15H2,1-6H3/b22-20+,25-21?,32-23+. The SMILES string of the molecule is CCC1=C(/C=C/C2=C(Cl)C(=C/C=C3/N(CC)c4ccccc4C3(C)C)CCC2)C(C)(C)c2ccccc21. The number of hydrogen-bond donors (Lipinski definition) is 0. The molecule has 2 aliphatic carbocycles. The molecule has 0 atom stereocenters. The average Bonchev–Trinajstić information content (AvgIpc) is 3.25. The van der Waals surface area contributed by atoms with E-state index in [1.165, 1.54) is 50.4 Å². The van der Waals surface area contributed by atoms with Gasteiger partial charge in [0.15, 0.2) is 0 Å². The van der Waals surface area contributed by atoms with Crippen LogP contribution in [0, 0.1) is 0 Å². The maximum atomic E-state index is 7.08. The summed E-state index contributed by atoms with van der Waals surface area (Å²) in [6, 6.07) is 17.7. The van der Waals surface area contributed by atoms with E-state index >= 15 is 0 Å². The first-order valence-electron chi connectivity index (χ1n) is 13.9. The fraction of sp³-hybridized carbons (Fsp3) is 0.371. The topological polar surface area (TPSA) is 3.24 Å². The van der Waals surface area contributed by atoms with E-state index in [4.69, 9.17) is 11.6 Å². The molecule has 0 aromatic heterocycles. The lowest BCUT2D eigenvalue weighted by atomic mass is 9.80. The first-order chi connectivity index (χ1) is 17.7. The van der Waals surface area contributed by atoms with Gasteiger partial charge in [-0.1, -0.05) is 107 Å². The lowest BCUT2D eigenvalue weighted by molar-refractivity contribution is 0.633. The Morgan fingerprint density at radius 2 is 1.54 bits per heavy atom. The van der Waals surface area contributed by atoms with E-state index in [1.807, 2.05) is 0 Å². The average molecular weight is 510 g/mol. The maximum Gasteiger partial charge on any atom is 0.0469 e. The highest BCUT2D eigenvalue weighted by molar-refractivity contribution is 6.32. The number of allylic oxidation sites excluding steroid dienone is 10. The van der Waals surface area contributed by atoms with Crippen LogP contribution >= 0.6 is 11.6 Å². The molecular weight excluding hydrogens is 470 g/mol. The molecule has 37 heavy (non-hydrogen) atoms. The Morgan fingerprint density at radius 1 is 0.838 bits per heavy atom. The zero-order valence-electron chi connectivity index (χ0n) is 23.3. The van der Waals surface area contributed by atoms with Crippen LogP contribution in [0.5, 0.6) is 0 Å². The Hall–Kier alpha value is -2.77. The van der Waals surface area contributed by atoms with Crippen LogP contribution in [0.15, 0.2) is 100 Å². The van der Waals surface area contributed by atoms with E-state index in [0.717, 1.165) is 37.3 Å². The van der Waals surface area contributed by atoms with Crippen LogP contribution in [-0.2, 0) is 10.8 Å². The summed E-state index contributed by atoms with van der Waals surface area (Å²) in [5, 5.41) is 0.933. The summed E-state index contributed by atoms with van der Waals surface area (Å²) in [5.41, 5.74) is 12.3. The minimum absolute atomic E-state index is 0.00982. The Labute approximate surface area is 228 Å². The van der Waals surface area contributed by atoms with Gasteiger partial charge in [0.25, 0.3) is 0 Å². The predicted octanol–water partition coefficient (Wildman–Crippen LogP) is 10.0. The van der Waals surface area contributed by atoms with Gasteiger partial charge in [0.2, 0.25) is 0 Å². The molecule has 5 rings (SSSR count). The van der Waals surface area contributed by atoms with Crippen molar-refractivity contribution in [3.8, 4) is 0 Å². The Bertz CT molecular complexity index is 1380. The smallest absolute Gasteiger partial charge is 0.0469 e. The van der Waals surface area contributed by atoms with Crippen LogP contribution in [0.4, 0.5) is 5.69 Å². The van der Waals surface area contributed by atoms with Gasteiger partial charge in [-0.3, -0.25) is 0 Å². The molecule has 1 nitrogen and oxygen atoms in total. The zero-order valence-corrected chi connectivity index (χ0v) is 24.0. The normalized spacial score (nSPS) is 22.5. The summed E-state index contributed by atoms with van der Waals surface area (Å²) in [7, 11) is 0. The summed E-state index contributed by atoms with van der Waals surface area (Å²) in [5.74, 6) is 0. The third kappa shape index (κ3) is 4.26. The van der Waals surface area contributed by atoms with Crippen LogP contribution in [0.25, 0.3) is 5.57 Å². The van der Waals surface area contributed by atoms with E-state index < -0.39 is 0 Å². The maximum absolute atomic E-state index is 7.08. The number of benzene rings is 2. The number of likely N-dealkylation sites (N-methyl/N-ethyl adjacent to an activating group) is 1. The largest absolute Gasteiger partial charge is 0.344 e. The van der Waals surface area contributed by atoms with Gasteiger partial charge in [0, 0.05) is 33.8 Å². The van der Waals surface area contributed by atoms with Gasteiger partial charge in [-0.05, 0) is 83.7 Å². The van der Waals surface area contributed by atoms with Gasteiger partial charge >= 0.3 is 0 Å². The first kappa shape index (κ1) is 25.9. The summed E-state index contributed by atoms with van der Waals surface area (Å²) in [6.45, 7) is 14.8. The van der Waals surface area contributed by atoms with Gasteiger partial charge < -0.3 is 4.90 Å². The molecular formula is C35H40ClN. The van der Waals surface area contributed by atoms with E-state index in [0.29, 0.717) is 0 Å². The first-order valence-corrected chi connectivity index (χ1v) is 14.3. The van der Waals surface area contributed by atoms with Crippen molar-refractivity contribution in [3.05, 3.63) is 117 Å². The van der Waals surface area contributed by atoms with Crippen LogP contribution in [0.3, 0.4) is 0 Å². The van der Waals surface area contributed by atoms with Crippen LogP contribution in [0.2, 0.25) is 0 Å². The molecule has 2 heteroatoms. The van der Waals surface area contributed by atoms with Gasteiger partial charge in [-0.2, -0.15) is 0 Å². The molecule has 3 aliphatic rings. The molecule has 1 aliphatic heterocycles. The number of fused-ring (bicyclic) bond motifs is 2. The quantitative estimate of drug-likeness (QED) is 0.387. The second kappa shape index (κ2) is 9.84. The molecule has 1 heterocycles. The molecule has 0 spiro atoms. The second-order valence-corrected chi connectivity index (χ2v) is 12.0. The highest BCUT2D eigenvalue weighted by atomic mass is 35.5. The molecule has 0 fully saturated rings. The third-order valence-corrected chi connectivity index (χ3v) is 9.23. The van der Waals surface area contributed by atoms with Gasteiger partial charge in [-0.25, -0.2) is 0 Å². The molecule has 0 bridgehead atoms. The molecule has 0 radical (unpaired) electrons. The highest BCUT2D eigenvalue weighted by Gasteiger charge is 2.39. The molecule has 0 N–H and O–H groups in total. The molecule has 0 saturated carbocycles. The van der Waals surface area contributed by atoms with Crippen molar-refractivity contribution in [1.82, 2.24) is 0 Å². The number of anilines is 1. The van der Waals surface area contributed by atoms with Crippen LogP contribution in [-0.4, -0.2) is 6.54 Å². The second-order valence-electron chi connectivity index (χ2n) is 11.6. The number of nitrogens with zero attached hydrogens (tertiary/aromatic N) is 1. The monoisotopic (exact) mass is 509 g/mol. The van der Waals surface area contributed by atoms with Crippen molar-refractivity contribution in [2.45, 2.75) is 78.1 Å². The summed E-state index contributed by atoms with van der Waals surface area (Å²) < 4.78 is 0. The van der Waals surface area contributed by atoms with E-state index in [2.05, 4.69) is 119 Å². The summed E-state index contributed by atoms with van der Waals surface area (Å²) in [6.07, 6.45) is 13.5. The van der Waals surface area contributed by atoms with E-state index in [9.17, 15) is 0 Å². The van der Waals surface area contributed by atoms with Gasteiger partial charge in [-0.15, -0.1) is 0 Å². The van der Waals surface area contributed by atoms with Crippen molar-refractivity contribution >= 4 is 22.9 Å². The molecule has 0 saturated heterocycles. The van der Waals surface area contributed by atoms with Gasteiger partial charge in [0.1, 0.15) is 0 Å². The summed E-state index contributed by atoms with van der Waals surface area (Å²) >= 11 is 7.08. The van der Waals surface area contributed by atoms with Crippen LogP contribution < -0.4 is 4.90 Å².